The molecule has 1 aliphatic rings. The van der Waals surface area contributed by atoms with E-state index in [-0.39, 0.29) is 18.7 Å². The SMILES string of the molecule is CCOC(=O)[C@@H]1[C@H](C(=O)O)c2ccccc2C(=O)N1Cc1ccc(OC)cc1OC. The lowest BCUT2D eigenvalue weighted by atomic mass is 9.82. The van der Waals surface area contributed by atoms with Gasteiger partial charge in [0.1, 0.15) is 23.5 Å². The summed E-state index contributed by atoms with van der Waals surface area (Å²) in [6, 6.07) is 10.2. The monoisotopic (exact) mass is 413 g/mol. The molecule has 1 N–H and O–H groups in total. The molecule has 8 heteroatoms. The van der Waals surface area contributed by atoms with Gasteiger partial charge in [0, 0.05) is 17.2 Å². The molecule has 1 amide bonds. The third-order valence-corrected chi connectivity index (χ3v) is 5.07. The molecule has 2 aromatic rings. The Balaban J connectivity index is 2.12. The lowest BCUT2D eigenvalue weighted by Gasteiger charge is -2.39. The highest BCUT2D eigenvalue weighted by atomic mass is 16.5. The van der Waals surface area contributed by atoms with Crippen molar-refractivity contribution in [3.05, 3.63) is 59.2 Å². The molecule has 8 nitrogen and oxygen atoms in total. The maximum absolute atomic E-state index is 13.3. The summed E-state index contributed by atoms with van der Waals surface area (Å²) in [6.45, 7) is 1.66. The van der Waals surface area contributed by atoms with Crippen LogP contribution in [0.3, 0.4) is 0 Å². The van der Waals surface area contributed by atoms with Gasteiger partial charge in [0.2, 0.25) is 0 Å². The standard InChI is InChI=1S/C22H23NO7/c1-4-30-22(27)19-18(21(25)26)15-7-5-6-8-16(15)20(24)23(19)12-13-9-10-14(28-2)11-17(13)29-3/h5-11,18-19H,4,12H2,1-3H3,(H,25,26)/t18-,19+/m1/s1. The number of amides is 1. The summed E-state index contributed by atoms with van der Waals surface area (Å²) in [6.07, 6.45) is 0. The Kier molecular flexibility index (Phi) is 6.25. The van der Waals surface area contributed by atoms with Crippen molar-refractivity contribution >= 4 is 17.8 Å². The largest absolute Gasteiger partial charge is 0.497 e. The van der Waals surface area contributed by atoms with Gasteiger partial charge in [0.05, 0.1) is 27.4 Å². The average Bonchev–Trinajstić information content (AvgIpc) is 2.75. The first-order valence-corrected chi connectivity index (χ1v) is 9.43. The molecule has 0 bridgehead atoms. The maximum atomic E-state index is 13.3. The number of hydrogen-bond acceptors (Lipinski definition) is 6. The van der Waals surface area contributed by atoms with Crippen LogP contribution in [-0.2, 0) is 20.9 Å². The van der Waals surface area contributed by atoms with E-state index in [0.717, 1.165) is 0 Å². The van der Waals surface area contributed by atoms with Crippen molar-refractivity contribution in [1.82, 2.24) is 4.90 Å². The van der Waals surface area contributed by atoms with Crippen molar-refractivity contribution in [3.8, 4) is 11.5 Å². The van der Waals surface area contributed by atoms with Crippen LogP contribution in [0.25, 0.3) is 0 Å². The van der Waals surface area contributed by atoms with Gasteiger partial charge in [0.15, 0.2) is 0 Å². The van der Waals surface area contributed by atoms with Gasteiger partial charge in [-0.15, -0.1) is 0 Å². The van der Waals surface area contributed by atoms with Gasteiger partial charge in [-0.1, -0.05) is 18.2 Å². The van der Waals surface area contributed by atoms with Gasteiger partial charge in [-0.25, -0.2) is 4.79 Å². The van der Waals surface area contributed by atoms with Crippen LogP contribution in [0, 0.1) is 0 Å². The van der Waals surface area contributed by atoms with E-state index in [1.165, 1.54) is 19.1 Å². The lowest BCUT2D eigenvalue weighted by molar-refractivity contribution is -0.155. The molecule has 0 aromatic heterocycles. The molecular formula is C22H23NO7. The fourth-order valence-electron chi connectivity index (χ4n) is 3.69. The number of carboxylic acids is 1. The van der Waals surface area contributed by atoms with Crippen LogP contribution in [0.2, 0.25) is 0 Å². The molecule has 0 unspecified atom stereocenters. The second-order valence-electron chi connectivity index (χ2n) is 6.71. The Hall–Kier alpha value is -3.55. The third kappa shape index (κ3) is 3.80. The minimum Gasteiger partial charge on any atom is -0.497 e. The Morgan fingerprint density at radius 2 is 1.83 bits per heavy atom. The molecule has 2 atom stereocenters. The number of aliphatic carboxylic acids is 1. The predicted molar refractivity (Wildman–Crippen MR) is 107 cm³/mol. The first-order chi connectivity index (χ1) is 14.4. The van der Waals surface area contributed by atoms with Gasteiger partial charge in [-0.05, 0) is 30.7 Å². The molecule has 0 saturated carbocycles. The number of rotatable bonds is 7. The number of methoxy groups -OCH3 is 2. The molecule has 0 saturated heterocycles. The van der Waals surface area contributed by atoms with Crippen molar-refractivity contribution in [3.63, 3.8) is 0 Å². The maximum Gasteiger partial charge on any atom is 0.330 e. The molecule has 1 aliphatic heterocycles. The summed E-state index contributed by atoms with van der Waals surface area (Å²) in [5.41, 5.74) is 1.15. The third-order valence-electron chi connectivity index (χ3n) is 5.07. The molecule has 0 fully saturated rings. The number of fused-ring (bicyclic) bond motifs is 1. The van der Waals surface area contributed by atoms with E-state index in [2.05, 4.69) is 0 Å². The first-order valence-electron chi connectivity index (χ1n) is 9.43. The van der Waals surface area contributed by atoms with Crippen LogP contribution >= 0.6 is 0 Å². The molecule has 2 aromatic carbocycles. The van der Waals surface area contributed by atoms with E-state index in [1.807, 2.05) is 0 Å². The predicted octanol–water partition coefficient (Wildman–Crippen LogP) is 2.46. The van der Waals surface area contributed by atoms with E-state index in [1.54, 1.807) is 49.4 Å². The fraction of sp³-hybridized carbons (Fsp3) is 0.318. The van der Waals surface area contributed by atoms with Crippen molar-refractivity contribution < 1.29 is 33.7 Å². The number of carboxylic acid groups (broad SMARTS) is 1. The van der Waals surface area contributed by atoms with Crippen LogP contribution in [0.4, 0.5) is 0 Å². The van der Waals surface area contributed by atoms with E-state index in [4.69, 9.17) is 14.2 Å². The zero-order valence-electron chi connectivity index (χ0n) is 17.0. The number of esters is 1. The average molecular weight is 413 g/mol. The summed E-state index contributed by atoms with van der Waals surface area (Å²) in [7, 11) is 3.00. The van der Waals surface area contributed by atoms with Gasteiger partial charge >= 0.3 is 11.9 Å². The molecule has 0 spiro atoms. The second-order valence-corrected chi connectivity index (χ2v) is 6.71. The van der Waals surface area contributed by atoms with Crippen LogP contribution in [0.15, 0.2) is 42.5 Å². The highest BCUT2D eigenvalue weighted by Crippen LogP contribution is 2.36. The minimum absolute atomic E-state index is 0.0341. The normalized spacial score (nSPS) is 17.8. The molecule has 1 heterocycles. The van der Waals surface area contributed by atoms with Crippen molar-refractivity contribution in [2.24, 2.45) is 0 Å². The molecule has 0 aliphatic carbocycles. The van der Waals surface area contributed by atoms with Crippen molar-refractivity contribution in [2.75, 3.05) is 20.8 Å². The summed E-state index contributed by atoms with van der Waals surface area (Å²) >= 11 is 0. The quantitative estimate of drug-likeness (QED) is 0.696. The molecular weight excluding hydrogens is 390 g/mol. The highest BCUT2D eigenvalue weighted by Gasteiger charge is 2.48. The smallest absolute Gasteiger partial charge is 0.330 e. The van der Waals surface area contributed by atoms with E-state index < -0.39 is 29.8 Å². The van der Waals surface area contributed by atoms with Gasteiger partial charge in [-0.2, -0.15) is 0 Å². The number of benzene rings is 2. The first kappa shape index (κ1) is 21.2. The fourth-order valence-corrected chi connectivity index (χ4v) is 3.69. The summed E-state index contributed by atoms with van der Waals surface area (Å²) in [5, 5.41) is 9.92. The van der Waals surface area contributed by atoms with E-state index in [9.17, 15) is 19.5 Å². The summed E-state index contributed by atoms with van der Waals surface area (Å²) in [5.74, 6) is -2.65. The molecule has 158 valence electrons. The van der Waals surface area contributed by atoms with Gasteiger partial charge in [-0.3, -0.25) is 9.59 Å². The van der Waals surface area contributed by atoms with E-state index >= 15 is 0 Å². The number of ether oxygens (including phenoxy) is 3. The second kappa shape index (κ2) is 8.86. The lowest BCUT2D eigenvalue weighted by Crippen LogP contribution is -2.54. The number of nitrogens with zero attached hydrogens (tertiary/aromatic N) is 1. The number of carbonyl (C=O) groups is 3. The Bertz CT molecular complexity index is 972. The Labute approximate surface area is 174 Å². The zero-order valence-corrected chi connectivity index (χ0v) is 17.0. The van der Waals surface area contributed by atoms with Crippen molar-refractivity contribution in [1.29, 1.82) is 0 Å². The van der Waals surface area contributed by atoms with Crippen LogP contribution in [0.1, 0.15) is 34.3 Å². The minimum atomic E-state index is -1.31. The topological polar surface area (TPSA) is 102 Å². The van der Waals surface area contributed by atoms with Gasteiger partial charge < -0.3 is 24.2 Å². The number of hydrogen-bond donors (Lipinski definition) is 1. The highest BCUT2D eigenvalue weighted by molar-refractivity contribution is 6.04. The zero-order chi connectivity index (χ0) is 21.8. The molecule has 3 rings (SSSR count). The molecule has 30 heavy (non-hydrogen) atoms. The Morgan fingerprint density at radius 3 is 2.47 bits per heavy atom. The van der Waals surface area contributed by atoms with Crippen LogP contribution < -0.4 is 9.47 Å². The number of carbonyl (C=O) groups excluding carboxylic acids is 2. The summed E-state index contributed by atoms with van der Waals surface area (Å²) < 4.78 is 15.7. The van der Waals surface area contributed by atoms with E-state index in [0.29, 0.717) is 22.6 Å². The molecule has 0 radical (unpaired) electrons. The summed E-state index contributed by atoms with van der Waals surface area (Å²) in [4.78, 5) is 39.5. The van der Waals surface area contributed by atoms with Crippen molar-refractivity contribution in [2.45, 2.75) is 25.4 Å². The van der Waals surface area contributed by atoms with Gasteiger partial charge in [0.25, 0.3) is 5.91 Å². The Morgan fingerprint density at radius 1 is 1.10 bits per heavy atom. The van der Waals surface area contributed by atoms with Crippen LogP contribution in [0.5, 0.6) is 11.5 Å². The van der Waals surface area contributed by atoms with Crippen LogP contribution in [-0.4, -0.2) is 54.7 Å².